The number of ether oxygens (including phenoxy) is 1. The molecular weight excluding hydrogens is 274 g/mol. The molecule has 0 radical (unpaired) electrons. The van der Waals surface area contributed by atoms with E-state index in [1.165, 1.54) is 22.8 Å². The van der Waals surface area contributed by atoms with Crippen molar-refractivity contribution in [3.05, 3.63) is 57.7 Å². The molecule has 0 fully saturated rings. The summed E-state index contributed by atoms with van der Waals surface area (Å²) < 4.78 is 6.65. The smallest absolute Gasteiger partial charge is 0.301 e. The number of hydrogen-bond donors (Lipinski definition) is 0. The molecule has 20 heavy (non-hydrogen) atoms. The first-order chi connectivity index (χ1) is 9.79. The van der Waals surface area contributed by atoms with Gasteiger partial charge in [0.25, 0.3) is 0 Å². The average molecular weight is 285 g/mol. The SMILES string of the molecule is COc1c(C=Cc2ccccn2)nc2sccn2c1=O. The summed E-state index contributed by atoms with van der Waals surface area (Å²) in [6.07, 6.45) is 6.93. The number of pyridine rings is 1. The molecule has 0 saturated heterocycles. The maximum Gasteiger partial charge on any atom is 0.301 e. The van der Waals surface area contributed by atoms with E-state index in [-0.39, 0.29) is 11.3 Å². The Hall–Kier alpha value is -2.47. The predicted molar refractivity (Wildman–Crippen MR) is 79.1 cm³/mol. The van der Waals surface area contributed by atoms with Crippen molar-refractivity contribution >= 4 is 28.4 Å². The highest BCUT2D eigenvalue weighted by Crippen LogP contribution is 2.17. The van der Waals surface area contributed by atoms with Gasteiger partial charge in [-0.3, -0.25) is 14.2 Å². The Morgan fingerprint density at radius 1 is 1.35 bits per heavy atom. The lowest BCUT2D eigenvalue weighted by Gasteiger charge is -2.03. The van der Waals surface area contributed by atoms with Crippen LogP contribution in [0.3, 0.4) is 0 Å². The zero-order valence-corrected chi connectivity index (χ0v) is 11.5. The number of aromatic nitrogens is 3. The van der Waals surface area contributed by atoms with Crippen LogP contribution in [0.15, 0.2) is 40.8 Å². The van der Waals surface area contributed by atoms with Crippen LogP contribution < -0.4 is 10.3 Å². The van der Waals surface area contributed by atoms with Gasteiger partial charge in [-0.2, -0.15) is 0 Å². The lowest BCUT2D eigenvalue weighted by atomic mass is 10.3. The molecule has 100 valence electrons. The molecule has 0 aliphatic carbocycles. The normalized spacial score (nSPS) is 11.2. The van der Waals surface area contributed by atoms with E-state index in [0.29, 0.717) is 10.7 Å². The van der Waals surface area contributed by atoms with Crippen LogP contribution in [0.5, 0.6) is 5.75 Å². The van der Waals surface area contributed by atoms with Gasteiger partial charge in [-0.1, -0.05) is 6.07 Å². The first-order valence-electron chi connectivity index (χ1n) is 5.92. The molecule has 3 rings (SSSR count). The molecule has 0 amide bonds. The Bertz CT molecular complexity index is 821. The van der Waals surface area contributed by atoms with Crippen LogP contribution in [0.4, 0.5) is 0 Å². The number of hydrogen-bond acceptors (Lipinski definition) is 5. The fourth-order valence-electron chi connectivity index (χ4n) is 1.82. The summed E-state index contributed by atoms with van der Waals surface area (Å²) in [5.41, 5.74) is 1.09. The van der Waals surface area contributed by atoms with Crippen molar-refractivity contribution in [3.63, 3.8) is 0 Å². The van der Waals surface area contributed by atoms with Gasteiger partial charge >= 0.3 is 5.56 Å². The summed E-state index contributed by atoms with van der Waals surface area (Å²) in [4.78, 5) is 21.5. The van der Waals surface area contributed by atoms with Gasteiger partial charge in [0.05, 0.1) is 12.8 Å². The van der Waals surface area contributed by atoms with Crippen molar-refractivity contribution in [2.45, 2.75) is 0 Å². The third kappa shape index (κ3) is 2.21. The minimum atomic E-state index is -0.209. The molecule has 0 atom stereocenters. The molecule has 3 heterocycles. The van der Waals surface area contributed by atoms with E-state index in [1.807, 2.05) is 23.6 Å². The largest absolute Gasteiger partial charge is 0.490 e. The topological polar surface area (TPSA) is 56.5 Å². The molecule has 3 aromatic rings. The van der Waals surface area contributed by atoms with E-state index in [1.54, 1.807) is 24.5 Å². The van der Waals surface area contributed by atoms with Crippen LogP contribution in [0.1, 0.15) is 11.4 Å². The molecule has 0 aromatic carbocycles. The van der Waals surface area contributed by atoms with Crippen LogP contribution in [0.25, 0.3) is 17.1 Å². The summed E-state index contributed by atoms with van der Waals surface area (Å²) >= 11 is 1.40. The second-order valence-electron chi connectivity index (χ2n) is 3.98. The minimum Gasteiger partial charge on any atom is -0.490 e. The van der Waals surface area contributed by atoms with Crippen LogP contribution in [-0.2, 0) is 0 Å². The van der Waals surface area contributed by atoms with Gasteiger partial charge in [-0.05, 0) is 24.3 Å². The van der Waals surface area contributed by atoms with Crippen LogP contribution in [0.2, 0.25) is 0 Å². The van der Waals surface area contributed by atoms with Crippen molar-refractivity contribution in [2.75, 3.05) is 7.11 Å². The van der Waals surface area contributed by atoms with Gasteiger partial charge in [-0.25, -0.2) is 4.98 Å². The van der Waals surface area contributed by atoms with E-state index in [9.17, 15) is 4.79 Å². The number of methoxy groups -OCH3 is 1. The van der Waals surface area contributed by atoms with Crippen LogP contribution in [0, 0.1) is 0 Å². The van der Waals surface area contributed by atoms with Crippen LogP contribution >= 0.6 is 11.3 Å². The highest BCUT2D eigenvalue weighted by molar-refractivity contribution is 7.15. The number of fused-ring (bicyclic) bond motifs is 1. The van der Waals surface area contributed by atoms with E-state index < -0.39 is 0 Å². The summed E-state index contributed by atoms with van der Waals surface area (Å²) in [5, 5.41) is 1.81. The molecule has 0 bridgehead atoms. The second kappa shape index (κ2) is 5.26. The Morgan fingerprint density at radius 2 is 2.25 bits per heavy atom. The zero-order chi connectivity index (χ0) is 13.9. The lowest BCUT2D eigenvalue weighted by Crippen LogP contribution is -2.16. The third-order valence-electron chi connectivity index (χ3n) is 2.76. The van der Waals surface area contributed by atoms with Gasteiger partial charge < -0.3 is 4.74 Å². The fourth-order valence-corrected chi connectivity index (χ4v) is 2.54. The van der Waals surface area contributed by atoms with Gasteiger partial charge in [0.15, 0.2) is 4.96 Å². The highest BCUT2D eigenvalue weighted by atomic mass is 32.1. The molecule has 0 aliphatic rings. The molecule has 0 N–H and O–H groups in total. The van der Waals surface area contributed by atoms with Crippen molar-refractivity contribution in [1.82, 2.24) is 14.4 Å². The lowest BCUT2D eigenvalue weighted by molar-refractivity contribution is 0.404. The van der Waals surface area contributed by atoms with Crippen molar-refractivity contribution in [1.29, 1.82) is 0 Å². The van der Waals surface area contributed by atoms with Gasteiger partial charge in [0.1, 0.15) is 5.69 Å². The quantitative estimate of drug-likeness (QED) is 0.741. The monoisotopic (exact) mass is 285 g/mol. The molecule has 6 heteroatoms. The Balaban J connectivity index is 2.11. The number of rotatable bonds is 3. The van der Waals surface area contributed by atoms with Crippen LogP contribution in [-0.4, -0.2) is 21.5 Å². The number of nitrogens with zero attached hydrogens (tertiary/aromatic N) is 3. The van der Waals surface area contributed by atoms with E-state index in [0.717, 1.165) is 5.69 Å². The van der Waals surface area contributed by atoms with E-state index in [4.69, 9.17) is 4.74 Å². The first-order valence-corrected chi connectivity index (χ1v) is 6.80. The molecule has 0 aliphatic heterocycles. The molecule has 0 spiro atoms. The van der Waals surface area contributed by atoms with Crippen molar-refractivity contribution < 1.29 is 4.74 Å². The van der Waals surface area contributed by atoms with E-state index in [2.05, 4.69) is 9.97 Å². The third-order valence-corrected chi connectivity index (χ3v) is 3.51. The number of thiazole rings is 1. The Labute approximate surface area is 118 Å². The van der Waals surface area contributed by atoms with Crippen molar-refractivity contribution in [2.24, 2.45) is 0 Å². The first kappa shape index (κ1) is 12.6. The fraction of sp³-hybridized carbons (Fsp3) is 0.0714. The predicted octanol–water partition coefficient (Wildman–Crippen LogP) is 2.33. The van der Waals surface area contributed by atoms with Crippen molar-refractivity contribution in [3.8, 4) is 5.75 Å². The summed E-state index contributed by atoms with van der Waals surface area (Å²) in [5.74, 6) is 0.230. The molecule has 3 aromatic heterocycles. The molecular formula is C14H11N3O2S. The minimum absolute atomic E-state index is 0.209. The molecule has 5 nitrogen and oxygen atoms in total. The summed E-state index contributed by atoms with van der Waals surface area (Å²) in [6, 6.07) is 5.62. The summed E-state index contributed by atoms with van der Waals surface area (Å²) in [7, 11) is 1.47. The highest BCUT2D eigenvalue weighted by Gasteiger charge is 2.11. The molecule has 0 saturated carbocycles. The Kier molecular flexibility index (Phi) is 3.30. The van der Waals surface area contributed by atoms with Gasteiger partial charge in [-0.15, -0.1) is 11.3 Å². The standard InChI is InChI=1S/C14H11N3O2S/c1-19-12-11(6-5-10-4-2-3-7-15-10)16-14-17(13(12)18)8-9-20-14/h2-9H,1H3. The second-order valence-corrected chi connectivity index (χ2v) is 4.85. The summed E-state index contributed by atoms with van der Waals surface area (Å²) in [6.45, 7) is 0. The zero-order valence-electron chi connectivity index (χ0n) is 10.7. The van der Waals surface area contributed by atoms with Gasteiger partial charge in [0.2, 0.25) is 5.75 Å². The van der Waals surface area contributed by atoms with Gasteiger partial charge in [0, 0.05) is 17.8 Å². The molecule has 0 unspecified atom stereocenters. The van der Waals surface area contributed by atoms with E-state index >= 15 is 0 Å². The Morgan fingerprint density at radius 3 is 3.00 bits per heavy atom. The maximum atomic E-state index is 12.2. The maximum absolute atomic E-state index is 12.2. The average Bonchev–Trinajstić information content (AvgIpc) is 2.95.